The second-order valence-electron chi connectivity index (χ2n) is 11.2. The number of nitrogens with zero attached hydrogens (tertiary/aromatic N) is 2. The van der Waals surface area contributed by atoms with E-state index in [9.17, 15) is 19.2 Å². The van der Waals surface area contributed by atoms with Crippen molar-refractivity contribution in [3.05, 3.63) is 36.0 Å². The molecule has 1 aromatic carbocycles. The summed E-state index contributed by atoms with van der Waals surface area (Å²) in [5.41, 5.74) is 2.18. The average Bonchev–Trinajstić information content (AvgIpc) is 3.46. The minimum atomic E-state index is -1.05. The van der Waals surface area contributed by atoms with Crippen LogP contribution in [0.15, 0.2) is 30.3 Å². The minimum Gasteiger partial charge on any atom is -0.480 e. The lowest BCUT2D eigenvalue weighted by molar-refractivity contribution is -0.148. The summed E-state index contributed by atoms with van der Waals surface area (Å²) in [4.78, 5) is 48.4. The number of amides is 3. The fourth-order valence-electron chi connectivity index (χ4n) is 4.58. The number of rotatable bonds is 30. The quantitative estimate of drug-likeness (QED) is 0.0820. The van der Waals surface area contributed by atoms with E-state index in [4.69, 9.17) is 33.5 Å². The van der Waals surface area contributed by atoms with Crippen LogP contribution in [-0.4, -0.2) is 151 Å². The van der Waals surface area contributed by atoms with E-state index in [1.165, 1.54) is 18.9 Å². The molecule has 2 aromatic rings. The van der Waals surface area contributed by atoms with Gasteiger partial charge in [-0.05, 0) is 31.5 Å². The number of carboxylic acids is 1. The number of aryl methyl sites for hydroxylation is 1. The highest BCUT2D eigenvalue weighted by Crippen LogP contribution is 2.20. The van der Waals surface area contributed by atoms with Crippen molar-refractivity contribution in [3.8, 4) is 0 Å². The van der Waals surface area contributed by atoms with E-state index in [2.05, 4.69) is 32.7 Å². The smallest absolute Gasteiger partial charge is 0.326 e. The number of fused-ring (bicyclic) bond motifs is 1. The molecular weight excluding hydrogens is 654 g/mol. The number of para-hydroxylation sites is 1. The molecule has 16 heteroatoms. The number of carbonyl (C=O) groups excluding carboxylic acids is 3. The number of carbonyl (C=O) groups is 4. The maximum atomic E-state index is 12.4. The first-order valence-electron chi connectivity index (χ1n) is 16.9. The highest BCUT2D eigenvalue weighted by molar-refractivity contribution is 5.85. The predicted octanol–water partition coefficient (Wildman–Crippen LogP) is 0.404. The monoisotopic (exact) mass is 709 g/mol. The Hall–Kier alpha value is -3.64. The summed E-state index contributed by atoms with van der Waals surface area (Å²) < 4.78 is 34.7. The van der Waals surface area contributed by atoms with Gasteiger partial charge in [-0.15, -0.1) is 0 Å². The van der Waals surface area contributed by atoms with E-state index in [1.54, 1.807) is 0 Å². The highest BCUT2D eigenvalue weighted by atomic mass is 16.6. The summed E-state index contributed by atoms with van der Waals surface area (Å²) in [6, 6.07) is 9.30. The van der Waals surface area contributed by atoms with Crippen LogP contribution < -0.4 is 16.0 Å². The van der Waals surface area contributed by atoms with Crippen LogP contribution >= 0.6 is 0 Å². The number of aromatic nitrogens is 1. The fraction of sp³-hybridized carbons (Fsp3) is 0.647. The van der Waals surface area contributed by atoms with Gasteiger partial charge >= 0.3 is 5.97 Å². The lowest BCUT2D eigenvalue weighted by atomic mass is 10.2. The number of benzene rings is 1. The van der Waals surface area contributed by atoms with Gasteiger partial charge in [0.1, 0.15) is 6.04 Å². The van der Waals surface area contributed by atoms with Crippen LogP contribution in [0.5, 0.6) is 0 Å². The molecule has 1 aromatic heterocycles. The third kappa shape index (κ3) is 17.8. The molecule has 2 rings (SSSR count). The van der Waals surface area contributed by atoms with Gasteiger partial charge in [-0.25, -0.2) is 4.79 Å². The molecule has 3 amide bonds. The second-order valence-corrected chi connectivity index (χ2v) is 11.2. The number of likely N-dealkylation sites (N-methyl/N-ethyl adjacent to an activating group) is 1. The van der Waals surface area contributed by atoms with Crippen molar-refractivity contribution < 1.29 is 52.7 Å². The lowest BCUT2D eigenvalue weighted by Crippen LogP contribution is -2.40. The lowest BCUT2D eigenvalue weighted by Gasteiger charge is -2.21. The zero-order chi connectivity index (χ0) is 36.4. The molecule has 1 heterocycles. The van der Waals surface area contributed by atoms with Crippen LogP contribution in [0.4, 0.5) is 0 Å². The van der Waals surface area contributed by atoms with Gasteiger partial charge in [0.25, 0.3) is 0 Å². The molecule has 0 fully saturated rings. The van der Waals surface area contributed by atoms with Crippen LogP contribution in [-0.2, 0) is 60.7 Å². The van der Waals surface area contributed by atoms with Crippen molar-refractivity contribution in [1.29, 1.82) is 0 Å². The average molecular weight is 710 g/mol. The molecule has 0 spiro atoms. The molecule has 0 aliphatic carbocycles. The van der Waals surface area contributed by atoms with Gasteiger partial charge in [0.15, 0.2) is 0 Å². The Balaban J connectivity index is 1.31. The van der Waals surface area contributed by atoms with Gasteiger partial charge in [-0.2, -0.15) is 0 Å². The number of carboxylic acid groups (broad SMARTS) is 1. The van der Waals surface area contributed by atoms with Gasteiger partial charge in [0.2, 0.25) is 17.7 Å². The van der Waals surface area contributed by atoms with Gasteiger partial charge in [0, 0.05) is 44.3 Å². The van der Waals surface area contributed by atoms with Crippen LogP contribution in [0, 0.1) is 0 Å². The zero-order valence-corrected chi connectivity index (χ0v) is 29.6. The Bertz CT molecular complexity index is 1280. The van der Waals surface area contributed by atoms with E-state index in [0.717, 1.165) is 16.6 Å². The van der Waals surface area contributed by atoms with Gasteiger partial charge in [-0.3, -0.25) is 14.4 Å². The van der Waals surface area contributed by atoms with E-state index >= 15 is 0 Å². The number of ether oxygens (including phenoxy) is 6. The first kappa shape index (κ1) is 42.5. The Morgan fingerprint density at radius 1 is 0.760 bits per heavy atom. The topological polar surface area (TPSA) is 188 Å². The van der Waals surface area contributed by atoms with Crippen LogP contribution in [0.3, 0.4) is 0 Å². The van der Waals surface area contributed by atoms with Gasteiger partial charge in [-0.1, -0.05) is 18.2 Å². The number of hydrogen-bond acceptors (Lipinski definition) is 11. The number of aliphatic carboxylic acids is 1. The normalized spacial score (nSPS) is 11.8. The number of hydrogen-bond donors (Lipinski definition) is 4. The molecule has 1 atom stereocenters. The standard InChI is InChI=1S/C34H55N5O11/c1-27(34(43)44)38(3)33(42)9-12-45-14-16-47-18-20-49-22-23-50-21-19-48-17-15-46-13-10-36-32(41)26-37-31(40)8-11-39-29(25-35-2)24-28-6-4-5-7-30(28)39/h4-7,24,27,35H,8-23,25-26H2,1-3H3,(H,36,41)(H,37,40)(H,43,44)/t27-/m0/s1. The van der Waals surface area contributed by atoms with Crippen LogP contribution in [0.2, 0.25) is 0 Å². The molecule has 0 aliphatic rings. The van der Waals surface area contributed by atoms with E-state index in [1.807, 2.05) is 25.2 Å². The largest absolute Gasteiger partial charge is 0.480 e. The Morgan fingerprint density at radius 2 is 1.30 bits per heavy atom. The summed E-state index contributed by atoms with van der Waals surface area (Å²) in [5, 5.41) is 18.6. The van der Waals surface area contributed by atoms with E-state index < -0.39 is 12.0 Å². The zero-order valence-electron chi connectivity index (χ0n) is 29.6. The Labute approximate surface area is 294 Å². The number of nitrogens with one attached hydrogen (secondary N) is 3. The molecule has 50 heavy (non-hydrogen) atoms. The Morgan fingerprint density at radius 3 is 1.86 bits per heavy atom. The van der Waals surface area contributed by atoms with Crippen molar-refractivity contribution >= 4 is 34.6 Å². The molecule has 282 valence electrons. The predicted molar refractivity (Wildman–Crippen MR) is 185 cm³/mol. The van der Waals surface area contributed by atoms with Crippen molar-refractivity contribution in [2.75, 3.05) is 106 Å². The van der Waals surface area contributed by atoms with Crippen molar-refractivity contribution in [1.82, 2.24) is 25.4 Å². The van der Waals surface area contributed by atoms with Gasteiger partial charge < -0.3 is 58.9 Å². The molecule has 0 aliphatic heterocycles. The summed E-state index contributed by atoms with van der Waals surface area (Å²) in [6.45, 7) is 7.40. The van der Waals surface area contributed by atoms with Crippen LogP contribution in [0.25, 0.3) is 10.9 Å². The van der Waals surface area contributed by atoms with Gasteiger partial charge in [0.05, 0.1) is 92.2 Å². The third-order valence-corrected chi connectivity index (χ3v) is 7.48. The SMILES string of the molecule is CNCc1cc2ccccc2n1CCC(=O)NCC(=O)NCCOCCOCCOCCOCCOCCOCCC(=O)N(C)[C@@H](C)C(=O)O. The molecule has 4 N–H and O–H groups in total. The molecule has 0 bridgehead atoms. The molecule has 0 unspecified atom stereocenters. The maximum Gasteiger partial charge on any atom is 0.326 e. The second kappa shape index (κ2) is 26.2. The summed E-state index contributed by atoms with van der Waals surface area (Å²) in [7, 11) is 3.34. The summed E-state index contributed by atoms with van der Waals surface area (Å²) in [5.74, 6) is -1.81. The Kier molecular flexibility index (Phi) is 22.3. The molecule has 0 saturated heterocycles. The first-order chi connectivity index (χ1) is 24.2. The van der Waals surface area contributed by atoms with E-state index in [0.29, 0.717) is 92.3 Å². The maximum absolute atomic E-state index is 12.4. The summed E-state index contributed by atoms with van der Waals surface area (Å²) >= 11 is 0. The molecular formula is C34H55N5O11. The summed E-state index contributed by atoms with van der Waals surface area (Å²) in [6.07, 6.45) is 0.375. The first-order valence-corrected chi connectivity index (χ1v) is 16.9. The van der Waals surface area contributed by atoms with Crippen LogP contribution in [0.1, 0.15) is 25.5 Å². The highest BCUT2D eigenvalue weighted by Gasteiger charge is 2.21. The third-order valence-electron chi connectivity index (χ3n) is 7.48. The molecule has 16 nitrogen and oxygen atoms in total. The van der Waals surface area contributed by atoms with Crippen molar-refractivity contribution in [2.24, 2.45) is 0 Å². The molecule has 0 saturated carbocycles. The van der Waals surface area contributed by atoms with E-state index in [-0.39, 0.29) is 43.7 Å². The fourth-order valence-corrected chi connectivity index (χ4v) is 4.58. The van der Waals surface area contributed by atoms with Crippen molar-refractivity contribution in [2.45, 2.75) is 38.9 Å². The minimum absolute atomic E-state index is 0.0876. The van der Waals surface area contributed by atoms with Crippen molar-refractivity contribution in [3.63, 3.8) is 0 Å². The molecule has 0 radical (unpaired) electrons.